The van der Waals surface area contributed by atoms with Gasteiger partial charge in [0, 0.05) is 11.3 Å². The van der Waals surface area contributed by atoms with Crippen LogP contribution in [0, 0.1) is 20.8 Å². The van der Waals surface area contributed by atoms with Crippen molar-refractivity contribution in [3.63, 3.8) is 0 Å². The van der Waals surface area contributed by atoms with E-state index in [4.69, 9.17) is 11.5 Å². The number of aryl methyl sites for hydroxylation is 2. The first-order valence-corrected chi connectivity index (χ1v) is 21.8. The largest absolute Gasteiger partial charge is 0.398 e. The number of nitrogens with two attached hydrogens (primary N) is 2. The summed E-state index contributed by atoms with van der Waals surface area (Å²) in [6, 6.07) is 56.6. The molecular formula is C58H70N2. The van der Waals surface area contributed by atoms with Gasteiger partial charge in [-0.05, 0) is 105 Å². The molecule has 0 aromatic heterocycles. The van der Waals surface area contributed by atoms with Crippen molar-refractivity contribution in [1.82, 2.24) is 0 Å². The average Bonchev–Trinajstić information content (AvgIpc) is 3.32. The summed E-state index contributed by atoms with van der Waals surface area (Å²) in [4.78, 5) is 0. The molecule has 60 heavy (non-hydrogen) atoms. The van der Waals surface area contributed by atoms with Crippen molar-refractivity contribution >= 4 is 22.0 Å². The van der Waals surface area contributed by atoms with Gasteiger partial charge in [0.2, 0.25) is 0 Å². The summed E-state index contributed by atoms with van der Waals surface area (Å²) in [5.74, 6) is 0. The third-order valence-corrected chi connectivity index (χ3v) is 9.67. The lowest BCUT2D eigenvalue weighted by molar-refractivity contribution is 0.911. The van der Waals surface area contributed by atoms with Crippen molar-refractivity contribution in [2.75, 3.05) is 0 Å². The maximum absolute atomic E-state index is 6.35. The second-order valence-electron chi connectivity index (χ2n) is 13.1. The molecule has 0 aliphatic carbocycles. The molecule has 7 aromatic carbocycles. The fourth-order valence-corrected chi connectivity index (χ4v) is 6.70. The van der Waals surface area contributed by atoms with Crippen LogP contribution in [0.5, 0.6) is 0 Å². The number of hydrogen-bond donors (Lipinski definition) is 2. The second kappa shape index (κ2) is 27.5. The second-order valence-corrected chi connectivity index (χ2v) is 13.1. The number of rotatable bonds is 8. The fraction of sp³-hybridized carbons (Fsp3) is 0.207. The topological polar surface area (TPSA) is 52.0 Å². The van der Waals surface area contributed by atoms with Crippen LogP contribution < -0.4 is 11.5 Å². The minimum Gasteiger partial charge on any atom is -0.398 e. The molecule has 2 heteroatoms. The van der Waals surface area contributed by atoms with Crippen molar-refractivity contribution in [2.45, 2.75) is 82.2 Å². The Morgan fingerprint density at radius 2 is 1.05 bits per heavy atom. The van der Waals surface area contributed by atoms with Crippen molar-refractivity contribution in [1.29, 1.82) is 0 Å². The molecule has 0 saturated heterocycles. The molecule has 312 valence electrons. The van der Waals surface area contributed by atoms with Crippen LogP contribution in [0.3, 0.4) is 0 Å². The summed E-state index contributed by atoms with van der Waals surface area (Å²) >= 11 is 0. The Bertz CT molecular complexity index is 2360. The molecular weight excluding hydrogens is 725 g/mol. The highest BCUT2D eigenvalue weighted by Crippen LogP contribution is 2.35. The third kappa shape index (κ3) is 13.4. The monoisotopic (exact) mass is 795 g/mol. The zero-order chi connectivity index (χ0) is 44.5. The van der Waals surface area contributed by atoms with E-state index in [1.54, 1.807) is 0 Å². The molecule has 1 unspecified atom stereocenters. The van der Waals surface area contributed by atoms with Crippen LogP contribution in [0.15, 0.2) is 189 Å². The van der Waals surface area contributed by atoms with E-state index in [2.05, 4.69) is 130 Å². The van der Waals surface area contributed by atoms with Gasteiger partial charge < -0.3 is 11.5 Å². The summed E-state index contributed by atoms with van der Waals surface area (Å²) < 4.78 is 0. The van der Waals surface area contributed by atoms with Gasteiger partial charge in [-0.25, -0.2) is 0 Å². The highest BCUT2D eigenvalue weighted by atomic mass is 14.6. The maximum atomic E-state index is 6.35. The van der Waals surface area contributed by atoms with E-state index in [1.165, 1.54) is 55.3 Å². The zero-order valence-corrected chi connectivity index (χ0v) is 38.3. The number of benzene rings is 7. The van der Waals surface area contributed by atoms with Crippen LogP contribution >= 0.6 is 0 Å². The molecule has 7 aromatic rings. The molecule has 0 heterocycles. The van der Waals surface area contributed by atoms with Gasteiger partial charge in [0.15, 0.2) is 0 Å². The quantitative estimate of drug-likeness (QED) is 0.151. The van der Waals surface area contributed by atoms with E-state index < -0.39 is 0 Å². The van der Waals surface area contributed by atoms with Gasteiger partial charge in [0.25, 0.3) is 0 Å². The molecule has 0 bridgehead atoms. The molecule has 7 rings (SSSR count). The molecule has 0 saturated carbocycles. The minimum absolute atomic E-state index is 0.222. The first-order valence-electron chi connectivity index (χ1n) is 21.8. The SMILES string of the molecule is C=C/C=C(/c1ccc(C)c(-c2cccc3ccccc23)c1)c1cccc(C)c1C.CC.CC.CC.CC.N/C(=C\C(N)c1ccccc1)c1ccccc1-c1ccccc1. The molecule has 0 aliphatic rings. The van der Waals surface area contributed by atoms with E-state index in [1.807, 2.05) is 134 Å². The van der Waals surface area contributed by atoms with E-state index in [0.717, 1.165) is 22.3 Å². The highest BCUT2D eigenvalue weighted by molar-refractivity contribution is 5.98. The van der Waals surface area contributed by atoms with E-state index in [9.17, 15) is 0 Å². The Hall–Kier alpha value is -6.22. The smallest absolute Gasteiger partial charge is 0.0504 e. The third-order valence-electron chi connectivity index (χ3n) is 9.67. The Morgan fingerprint density at radius 3 is 1.72 bits per heavy atom. The zero-order valence-electron chi connectivity index (χ0n) is 38.3. The molecule has 4 N–H and O–H groups in total. The molecule has 0 amide bonds. The summed E-state index contributed by atoms with van der Waals surface area (Å²) in [7, 11) is 0. The van der Waals surface area contributed by atoms with Gasteiger partial charge in [-0.3, -0.25) is 0 Å². The fourth-order valence-electron chi connectivity index (χ4n) is 6.70. The van der Waals surface area contributed by atoms with Crippen LogP contribution in [0.25, 0.3) is 44.3 Å². The molecule has 1 atom stereocenters. The van der Waals surface area contributed by atoms with Gasteiger partial charge in [0.05, 0.1) is 6.04 Å². The van der Waals surface area contributed by atoms with E-state index in [0.29, 0.717) is 5.70 Å². The van der Waals surface area contributed by atoms with Gasteiger partial charge in [0.1, 0.15) is 0 Å². The number of fused-ring (bicyclic) bond motifs is 1. The van der Waals surface area contributed by atoms with Gasteiger partial charge in [-0.15, -0.1) is 0 Å². The van der Waals surface area contributed by atoms with Crippen molar-refractivity contribution in [3.8, 4) is 22.3 Å². The van der Waals surface area contributed by atoms with E-state index >= 15 is 0 Å². The molecule has 0 fully saturated rings. The summed E-state index contributed by atoms with van der Waals surface area (Å²) in [6.45, 7) is 26.5. The highest BCUT2D eigenvalue weighted by Gasteiger charge is 2.13. The molecule has 0 radical (unpaired) electrons. The lowest BCUT2D eigenvalue weighted by Gasteiger charge is -2.16. The molecule has 0 spiro atoms. The van der Waals surface area contributed by atoms with Gasteiger partial charge in [-0.1, -0.05) is 232 Å². The van der Waals surface area contributed by atoms with Crippen LogP contribution in [0.1, 0.15) is 100 Å². The predicted octanol–water partition coefficient (Wildman–Crippen LogP) is 16.5. The van der Waals surface area contributed by atoms with Gasteiger partial charge in [-0.2, -0.15) is 0 Å². The standard InChI is InChI=1S/C29H26.C21H20N2.4C2H6/c1-5-10-26(25-15-8-11-20(2)22(25)4)24-18-17-21(3)29(19-24)28-16-9-13-23-12-6-7-14-27(23)28;22-20(17-11-5-2-6-12-17)15-21(23)19-14-8-7-13-18(19)16-9-3-1-4-10-16;4*1-2/h5-19H,1H2,2-4H3;1-15,20H,22-23H2;4*1-2H3/b26-10-;21-15-;;;;. The first kappa shape index (κ1) is 49.9. The Kier molecular flexibility index (Phi) is 22.9. The van der Waals surface area contributed by atoms with Crippen molar-refractivity contribution < 1.29 is 0 Å². The molecule has 0 aliphatic heterocycles. The maximum Gasteiger partial charge on any atom is 0.0504 e. The average molecular weight is 795 g/mol. The normalized spacial score (nSPS) is 10.9. The summed E-state index contributed by atoms with van der Waals surface area (Å²) in [6.07, 6.45) is 5.92. The van der Waals surface area contributed by atoms with E-state index in [-0.39, 0.29) is 6.04 Å². The number of allylic oxidation sites excluding steroid dienone is 2. The van der Waals surface area contributed by atoms with Crippen molar-refractivity contribution in [3.05, 3.63) is 228 Å². The van der Waals surface area contributed by atoms with Crippen LogP contribution in [-0.4, -0.2) is 0 Å². The van der Waals surface area contributed by atoms with Gasteiger partial charge >= 0.3 is 0 Å². The van der Waals surface area contributed by atoms with Crippen molar-refractivity contribution in [2.24, 2.45) is 11.5 Å². The Balaban J connectivity index is 0.000000361. The lowest BCUT2D eigenvalue weighted by Crippen LogP contribution is -2.10. The number of hydrogen-bond acceptors (Lipinski definition) is 2. The summed E-state index contributed by atoms with van der Waals surface area (Å²) in [5.41, 5.74) is 27.8. The lowest BCUT2D eigenvalue weighted by atomic mass is 9.88. The van der Waals surface area contributed by atoms with Crippen LogP contribution in [0.2, 0.25) is 0 Å². The minimum atomic E-state index is -0.222. The Morgan fingerprint density at radius 1 is 0.517 bits per heavy atom. The summed E-state index contributed by atoms with van der Waals surface area (Å²) in [5, 5.41) is 2.56. The molecule has 2 nitrogen and oxygen atoms in total. The predicted molar refractivity (Wildman–Crippen MR) is 270 cm³/mol. The van der Waals surface area contributed by atoms with Crippen LogP contribution in [-0.2, 0) is 0 Å². The van der Waals surface area contributed by atoms with Crippen LogP contribution in [0.4, 0.5) is 0 Å². The first-order chi connectivity index (χ1) is 29.4. The Labute approximate surface area is 364 Å².